The highest BCUT2D eigenvalue weighted by Crippen LogP contribution is 1.97. The van der Waals surface area contributed by atoms with E-state index in [0.717, 1.165) is 11.3 Å². The largest absolute Gasteiger partial charge is 0.399 e. The Bertz CT molecular complexity index is 441. The van der Waals surface area contributed by atoms with Crippen molar-refractivity contribution in [2.24, 2.45) is 0 Å². The summed E-state index contributed by atoms with van der Waals surface area (Å²) in [5, 5.41) is 0. The number of carbonyl (C=O) groups is 2. The zero-order valence-electron chi connectivity index (χ0n) is 10.4. The predicted octanol–water partition coefficient (Wildman–Crippen LogP) is 2.97. The second kappa shape index (κ2) is 9.78. The molecule has 0 saturated carbocycles. The number of para-hydroxylation sites is 1. The van der Waals surface area contributed by atoms with Crippen LogP contribution in [-0.2, 0) is 4.79 Å². The molecule has 0 spiro atoms. The second-order valence-electron chi connectivity index (χ2n) is 3.33. The van der Waals surface area contributed by atoms with Gasteiger partial charge >= 0.3 is 0 Å². The third-order valence-electron chi connectivity index (χ3n) is 1.98. The van der Waals surface area contributed by atoms with Gasteiger partial charge in [0.05, 0.1) is 0 Å². The van der Waals surface area contributed by atoms with Crippen LogP contribution < -0.4 is 5.73 Å². The molecule has 0 radical (unpaired) electrons. The molecule has 2 N–H and O–H groups in total. The van der Waals surface area contributed by atoms with Crippen LogP contribution in [-0.4, -0.2) is 12.6 Å². The average Bonchev–Trinajstić information content (AvgIpc) is 2.43. The van der Waals surface area contributed by atoms with Crippen molar-refractivity contribution in [2.75, 3.05) is 5.73 Å². The Labute approximate surface area is 107 Å². The Kier molecular flexibility index (Phi) is 8.47. The Morgan fingerprint density at radius 2 is 1.28 bits per heavy atom. The smallest absolute Gasteiger partial charge is 0.159 e. The summed E-state index contributed by atoms with van der Waals surface area (Å²) in [5.74, 6) is 0.121. The first-order valence-electron chi connectivity index (χ1n) is 5.35. The van der Waals surface area contributed by atoms with E-state index in [9.17, 15) is 4.79 Å². The number of nitrogens with two attached hydrogens (primary N) is 1. The van der Waals surface area contributed by atoms with Gasteiger partial charge in [-0.1, -0.05) is 48.5 Å². The molecule has 0 heterocycles. The topological polar surface area (TPSA) is 60.2 Å². The zero-order chi connectivity index (χ0) is 13.8. The van der Waals surface area contributed by atoms with Gasteiger partial charge in [-0.3, -0.25) is 4.79 Å². The predicted molar refractivity (Wildman–Crippen MR) is 74.4 cm³/mol. The fraction of sp³-hybridized carbons (Fsp3) is 0.0667. The van der Waals surface area contributed by atoms with Crippen molar-refractivity contribution in [1.29, 1.82) is 0 Å². The molecule has 0 amide bonds. The summed E-state index contributed by atoms with van der Waals surface area (Å²) in [4.78, 5) is 18.6. The van der Waals surface area contributed by atoms with Gasteiger partial charge in [-0.25, -0.2) is 0 Å². The molecule has 0 unspecified atom stereocenters. The van der Waals surface area contributed by atoms with Gasteiger partial charge in [0, 0.05) is 11.3 Å². The molecule has 3 heteroatoms. The van der Waals surface area contributed by atoms with Crippen LogP contribution in [0, 0.1) is 0 Å². The van der Waals surface area contributed by atoms with Crippen molar-refractivity contribution in [3.8, 4) is 0 Å². The number of benzene rings is 2. The van der Waals surface area contributed by atoms with Crippen molar-refractivity contribution in [3.05, 3.63) is 66.2 Å². The highest BCUT2D eigenvalue weighted by atomic mass is 16.1. The molecule has 2 aromatic rings. The summed E-state index contributed by atoms with van der Waals surface area (Å²) < 4.78 is 0. The molecule has 0 aliphatic heterocycles. The number of anilines is 1. The lowest BCUT2D eigenvalue weighted by Gasteiger charge is -1.89. The quantitative estimate of drug-likeness (QED) is 0.618. The number of Topliss-reactive ketones (excluding diaryl/α,β-unsaturated/α-hetero) is 1. The number of nitrogen functional groups attached to an aromatic ring is 1. The van der Waals surface area contributed by atoms with E-state index >= 15 is 0 Å². The lowest BCUT2D eigenvalue weighted by atomic mass is 10.2. The average molecular weight is 243 g/mol. The molecule has 94 valence electrons. The Morgan fingerprint density at radius 1 is 0.889 bits per heavy atom. The molecule has 2 rings (SSSR count). The maximum atomic E-state index is 10.6. The Hall–Kier alpha value is -2.42. The van der Waals surface area contributed by atoms with E-state index in [0.29, 0.717) is 0 Å². The molecule has 18 heavy (non-hydrogen) atoms. The van der Waals surface area contributed by atoms with E-state index in [1.807, 2.05) is 67.5 Å². The first-order valence-corrected chi connectivity index (χ1v) is 5.35. The highest BCUT2D eigenvalue weighted by molar-refractivity contribution is 5.93. The molecule has 0 bridgehead atoms. The number of carbonyl (C=O) groups excluding carboxylic acids is 2. The lowest BCUT2D eigenvalue weighted by molar-refractivity contribution is -0.0979. The van der Waals surface area contributed by atoms with Gasteiger partial charge in [0.2, 0.25) is 0 Å². The summed E-state index contributed by atoms with van der Waals surface area (Å²) in [6.45, 7) is 3.56. The van der Waals surface area contributed by atoms with Crippen LogP contribution in [0.5, 0.6) is 0 Å². The van der Waals surface area contributed by atoms with Gasteiger partial charge < -0.3 is 10.5 Å². The molecule has 3 nitrogen and oxygen atoms in total. The summed E-state index contributed by atoms with van der Waals surface area (Å²) in [6.07, 6.45) is 0. The molecule has 2 aromatic carbocycles. The third-order valence-corrected chi connectivity index (χ3v) is 1.98. The summed E-state index contributed by atoms with van der Waals surface area (Å²) in [5.41, 5.74) is 6.96. The Balaban J connectivity index is 0.000000289. The Morgan fingerprint density at radius 3 is 1.50 bits per heavy atom. The van der Waals surface area contributed by atoms with Crippen molar-refractivity contribution in [3.63, 3.8) is 0 Å². The van der Waals surface area contributed by atoms with Gasteiger partial charge in [0.1, 0.15) is 6.79 Å². The molecule has 0 atom stereocenters. The summed E-state index contributed by atoms with van der Waals surface area (Å²) in [7, 11) is 0. The lowest BCUT2D eigenvalue weighted by Crippen LogP contribution is -1.88. The number of rotatable bonds is 1. The van der Waals surface area contributed by atoms with E-state index in [-0.39, 0.29) is 5.78 Å². The van der Waals surface area contributed by atoms with Crippen molar-refractivity contribution < 1.29 is 9.59 Å². The zero-order valence-corrected chi connectivity index (χ0v) is 10.4. The van der Waals surface area contributed by atoms with Crippen LogP contribution in [0.4, 0.5) is 5.69 Å². The van der Waals surface area contributed by atoms with E-state index in [4.69, 9.17) is 10.5 Å². The van der Waals surface area contributed by atoms with Crippen LogP contribution in [0.3, 0.4) is 0 Å². The van der Waals surface area contributed by atoms with E-state index < -0.39 is 0 Å². The van der Waals surface area contributed by atoms with E-state index in [1.54, 1.807) is 6.92 Å². The van der Waals surface area contributed by atoms with Crippen LogP contribution in [0.15, 0.2) is 60.7 Å². The standard InChI is InChI=1S/C8H8O.C6H7N.CH2O/c1-7(9)8-5-3-2-4-6-8;7-6-4-2-1-3-5-6;1-2/h2-6H,1H3;1-5H,7H2;1H2. The van der Waals surface area contributed by atoms with Crippen LogP contribution >= 0.6 is 0 Å². The first-order chi connectivity index (χ1) is 8.70. The van der Waals surface area contributed by atoms with E-state index in [2.05, 4.69) is 0 Å². The second-order valence-corrected chi connectivity index (χ2v) is 3.33. The van der Waals surface area contributed by atoms with Crippen LogP contribution in [0.25, 0.3) is 0 Å². The number of ketones is 1. The minimum atomic E-state index is 0.121. The number of hydrogen-bond acceptors (Lipinski definition) is 3. The SMILES string of the molecule is C=O.CC(=O)c1ccccc1.Nc1ccccc1. The van der Waals surface area contributed by atoms with Gasteiger partial charge in [-0.05, 0) is 19.1 Å². The fourth-order valence-electron chi connectivity index (χ4n) is 1.13. The third kappa shape index (κ3) is 6.95. The molecule has 0 aliphatic carbocycles. The highest BCUT2D eigenvalue weighted by Gasteiger charge is 1.92. The summed E-state index contributed by atoms with van der Waals surface area (Å²) in [6, 6.07) is 18.7. The normalized spacial score (nSPS) is 8.06. The fourth-order valence-corrected chi connectivity index (χ4v) is 1.13. The molecular formula is C15H17NO2. The molecule has 0 fully saturated rings. The van der Waals surface area contributed by atoms with Gasteiger partial charge in [-0.2, -0.15) is 0 Å². The van der Waals surface area contributed by atoms with Crippen molar-refractivity contribution in [2.45, 2.75) is 6.92 Å². The molecule has 0 aliphatic rings. The van der Waals surface area contributed by atoms with Gasteiger partial charge in [0.15, 0.2) is 5.78 Å². The van der Waals surface area contributed by atoms with Crippen molar-refractivity contribution >= 4 is 18.3 Å². The maximum absolute atomic E-state index is 10.6. The molecular weight excluding hydrogens is 226 g/mol. The minimum absolute atomic E-state index is 0.121. The van der Waals surface area contributed by atoms with Crippen LogP contribution in [0.2, 0.25) is 0 Å². The van der Waals surface area contributed by atoms with Crippen LogP contribution in [0.1, 0.15) is 17.3 Å². The number of hydrogen-bond donors (Lipinski definition) is 1. The summed E-state index contributed by atoms with van der Waals surface area (Å²) >= 11 is 0. The van der Waals surface area contributed by atoms with E-state index in [1.165, 1.54) is 0 Å². The van der Waals surface area contributed by atoms with Crippen molar-refractivity contribution in [1.82, 2.24) is 0 Å². The minimum Gasteiger partial charge on any atom is -0.399 e. The molecule has 0 aromatic heterocycles. The first kappa shape index (κ1) is 15.6. The maximum Gasteiger partial charge on any atom is 0.159 e. The monoisotopic (exact) mass is 243 g/mol. The van der Waals surface area contributed by atoms with Gasteiger partial charge in [0.25, 0.3) is 0 Å². The molecule has 0 saturated heterocycles. The van der Waals surface area contributed by atoms with Gasteiger partial charge in [-0.15, -0.1) is 0 Å².